The Labute approximate surface area is 190 Å². The van der Waals surface area contributed by atoms with E-state index in [9.17, 15) is 19.7 Å². The second-order valence-corrected chi connectivity index (χ2v) is 8.72. The summed E-state index contributed by atoms with van der Waals surface area (Å²) >= 11 is 4.36. The number of non-ortho nitro benzene ring substituents is 1. The molecule has 1 saturated heterocycles. The lowest BCUT2D eigenvalue weighted by molar-refractivity contribution is -0.384. The standard InChI is InChI=1S/C22H15BrN2O5S/c1-13-2-8-17(18(23)10-13)19-9-7-16(30-19)11-20-21(26)24(22(27)31-20)12-14-3-5-15(6-4-14)25(28)29/h2-11H,12H2,1H3/b20-11-. The van der Waals surface area contributed by atoms with Gasteiger partial charge < -0.3 is 4.42 Å². The molecule has 0 saturated carbocycles. The van der Waals surface area contributed by atoms with Gasteiger partial charge in [-0.15, -0.1) is 0 Å². The van der Waals surface area contributed by atoms with Crippen molar-refractivity contribution in [2.24, 2.45) is 0 Å². The molecule has 4 rings (SSSR count). The summed E-state index contributed by atoms with van der Waals surface area (Å²) in [5.41, 5.74) is 2.57. The lowest BCUT2D eigenvalue weighted by Gasteiger charge is -2.12. The van der Waals surface area contributed by atoms with Gasteiger partial charge in [-0.2, -0.15) is 0 Å². The van der Waals surface area contributed by atoms with E-state index in [1.807, 2.05) is 31.2 Å². The number of furan rings is 1. The molecule has 2 amide bonds. The van der Waals surface area contributed by atoms with Gasteiger partial charge in [0.05, 0.1) is 16.4 Å². The third-order valence-corrected chi connectivity index (χ3v) is 6.22. The predicted octanol–water partition coefficient (Wildman–Crippen LogP) is 6.16. The molecule has 0 bridgehead atoms. The topological polar surface area (TPSA) is 93.7 Å². The number of nitrogens with zero attached hydrogens (tertiary/aromatic N) is 2. The van der Waals surface area contributed by atoms with Crippen LogP contribution in [0.5, 0.6) is 0 Å². The Balaban J connectivity index is 1.52. The smallest absolute Gasteiger partial charge is 0.293 e. The van der Waals surface area contributed by atoms with Crippen molar-refractivity contribution in [1.29, 1.82) is 0 Å². The van der Waals surface area contributed by atoms with Crippen LogP contribution in [0.1, 0.15) is 16.9 Å². The number of rotatable bonds is 5. The molecule has 1 aliphatic rings. The van der Waals surface area contributed by atoms with E-state index in [2.05, 4.69) is 15.9 Å². The summed E-state index contributed by atoms with van der Waals surface area (Å²) in [5, 5.41) is 10.4. The minimum Gasteiger partial charge on any atom is -0.457 e. The minimum absolute atomic E-state index is 0.0414. The molecule has 1 aliphatic heterocycles. The Bertz CT molecular complexity index is 1230. The van der Waals surface area contributed by atoms with Crippen molar-refractivity contribution in [3.8, 4) is 11.3 Å². The van der Waals surface area contributed by atoms with Gasteiger partial charge in [-0.25, -0.2) is 0 Å². The van der Waals surface area contributed by atoms with E-state index in [0.717, 1.165) is 32.3 Å². The average Bonchev–Trinajstić information content (AvgIpc) is 3.28. The van der Waals surface area contributed by atoms with Gasteiger partial charge in [0.15, 0.2) is 0 Å². The van der Waals surface area contributed by atoms with Crippen molar-refractivity contribution in [2.75, 3.05) is 0 Å². The molecule has 1 fully saturated rings. The van der Waals surface area contributed by atoms with E-state index in [1.54, 1.807) is 12.1 Å². The highest BCUT2D eigenvalue weighted by atomic mass is 79.9. The molecule has 1 aromatic heterocycles. The van der Waals surface area contributed by atoms with E-state index in [-0.39, 0.29) is 17.1 Å². The van der Waals surface area contributed by atoms with Crippen LogP contribution in [0.3, 0.4) is 0 Å². The maximum absolute atomic E-state index is 12.7. The monoisotopic (exact) mass is 498 g/mol. The maximum atomic E-state index is 12.7. The SMILES string of the molecule is Cc1ccc(-c2ccc(/C=C3\SC(=O)N(Cc4ccc([N+](=O)[O-])cc4)C3=O)o2)c(Br)c1. The summed E-state index contributed by atoms with van der Waals surface area (Å²) in [5.74, 6) is 0.675. The fraction of sp³-hybridized carbons (Fsp3) is 0.0909. The van der Waals surface area contributed by atoms with Gasteiger partial charge in [-0.3, -0.25) is 24.6 Å². The Morgan fingerprint density at radius 2 is 1.87 bits per heavy atom. The zero-order valence-electron chi connectivity index (χ0n) is 16.2. The van der Waals surface area contributed by atoms with Crippen molar-refractivity contribution in [3.63, 3.8) is 0 Å². The molecule has 3 aromatic rings. The molecule has 0 radical (unpaired) electrons. The molecular weight excluding hydrogens is 484 g/mol. The highest BCUT2D eigenvalue weighted by molar-refractivity contribution is 9.10. The van der Waals surface area contributed by atoms with Crippen LogP contribution in [0.15, 0.2) is 68.4 Å². The van der Waals surface area contributed by atoms with Gasteiger partial charge in [0.1, 0.15) is 11.5 Å². The molecule has 0 N–H and O–H groups in total. The third-order valence-electron chi connectivity index (χ3n) is 4.65. The fourth-order valence-electron chi connectivity index (χ4n) is 3.07. The molecule has 0 atom stereocenters. The summed E-state index contributed by atoms with van der Waals surface area (Å²) in [4.78, 5) is 36.7. The van der Waals surface area contributed by atoms with Crippen LogP contribution in [0.2, 0.25) is 0 Å². The zero-order valence-corrected chi connectivity index (χ0v) is 18.6. The Hall–Kier alpha value is -3.17. The van der Waals surface area contributed by atoms with Gasteiger partial charge in [0.2, 0.25) is 0 Å². The molecule has 156 valence electrons. The number of carbonyl (C=O) groups is 2. The number of nitro groups is 1. The molecular formula is C22H15BrN2O5S. The van der Waals surface area contributed by atoms with Gasteiger partial charge in [-0.05, 0) is 54.1 Å². The maximum Gasteiger partial charge on any atom is 0.293 e. The molecule has 0 unspecified atom stereocenters. The van der Waals surface area contributed by atoms with Crippen LogP contribution in [0.25, 0.3) is 17.4 Å². The van der Waals surface area contributed by atoms with Gasteiger partial charge in [-0.1, -0.05) is 34.1 Å². The molecule has 2 aromatic carbocycles. The van der Waals surface area contributed by atoms with E-state index in [0.29, 0.717) is 17.1 Å². The summed E-state index contributed by atoms with van der Waals surface area (Å²) in [6.45, 7) is 2.04. The highest BCUT2D eigenvalue weighted by Crippen LogP contribution is 2.35. The zero-order chi connectivity index (χ0) is 22.1. The van der Waals surface area contributed by atoms with Crippen LogP contribution in [0.4, 0.5) is 10.5 Å². The first-order valence-electron chi connectivity index (χ1n) is 9.17. The van der Waals surface area contributed by atoms with E-state index in [4.69, 9.17) is 4.42 Å². The summed E-state index contributed by atoms with van der Waals surface area (Å²) in [6, 6.07) is 15.2. The number of carbonyl (C=O) groups excluding carboxylic acids is 2. The van der Waals surface area contributed by atoms with Crippen molar-refractivity contribution < 1.29 is 18.9 Å². The fourth-order valence-corrected chi connectivity index (χ4v) is 4.57. The molecule has 31 heavy (non-hydrogen) atoms. The number of benzene rings is 2. The van der Waals surface area contributed by atoms with Crippen LogP contribution in [0, 0.1) is 17.0 Å². The predicted molar refractivity (Wildman–Crippen MR) is 121 cm³/mol. The highest BCUT2D eigenvalue weighted by Gasteiger charge is 2.35. The second-order valence-electron chi connectivity index (χ2n) is 6.88. The number of imide groups is 1. The van der Waals surface area contributed by atoms with Crippen LogP contribution in [-0.2, 0) is 11.3 Å². The first-order chi connectivity index (χ1) is 14.8. The van der Waals surface area contributed by atoms with Gasteiger partial charge >= 0.3 is 0 Å². The first-order valence-corrected chi connectivity index (χ1v) is 10.8. The number of halogens is 1. The number of thioether (sulfide) groups is 1. The molecule has 2 heterocycles. The summed E-state index contributed by atoms with van der Waals surface area (Å²) in [6.07, 6.45) is 1.55. The minimum atomic E-state index is -0.501. The van der Waals surface area contributed by atoms with Crippen molar-refractivity contribution >= 4 is 50.6 Å². The van der Waals surface area contributed by atoms with Crippen molar-refractivity contribution in [1.82, 2.24) is 4.90 Å². The largest absolute Gasteiger partial charge is 0.457 e. The van der Waals surface area contributed by atoms with Crippen LogP contribution >= 0.6 is 27.7 Å². The third kappa shape index (κ3) is 4.47. The lowest BCUT2D eigenvalue weighted by atomic mass is 10.1. The van der Waals surface area contributed by atoms with Crippen LogP contribution in [-0.4, -0.2) is 21.0 Å². The molecule has 0 aliphatic carbocycles. The lowest BCUT2D eigenvalue weighted by Crippen LogP contribution is -2.27. The molecule has 7 nitrogen and oxygen atoms in total. The number of nitro benzene ring substituents is 1. The van der Waals surface area contributed by atoms with Crippen molar-refractivity contribution in [2.45, 2.75) is 13.5 Å². The number of hydrogen-bond donors (Lipinski definition) is 0. The second kappa shape index (κ2) is 8.52. The number of amides is 2. The normalized spacial score (nSPS) is 15.2. The quantitative estimate of drug-likeness (QED) is 0.237. The van der Waals surface area contributed by atoms with E-state index < -0.39 is 16.1 Å². The first kappa shape index (κ1) is 21.1. The molecule has 0 spiro atoms. The average molecular weight is 499 g/mol. The molecule has 9 heteroatoms. The Kier molecular flexibility index (Phi) is 5.79. The van der Waals surface area contributed by atoms with Crippen LogP contribution < -0.4 is 0 Å². The number of hydrogen-bond acceptors (Lipinski definition) is 6. The summed E-state index contributed by atoms with van der Waals surface area (Å²) < 4.78 is 6.76. The van der Waals surface area contributed by atoms with Gasteiger partial charge in [0, 0.05) is 28.2 Å². The van der Waals surface area contributed by atoms with E-state index in [1.165, 1.54) is 24.3 Å². The van der Waals surface area contributed by atoms with Crippen molar-refractivity contribution in [3.05, 3.63) is 91.0 Å². The van der Waals surface area contributed by atoms with E-state index >= 15 is 0 Å². The summed E-state index contributed by atoms with van der Waals surface area (Å²) in [7, 11) is 0. The van der Waals surface area contributed by atoms with Gasteiger partial charge in [0.25, 0.3) is 16.8 Å². The number of aryl methyl sites for hydroxylation is 1. The Morgan fingerprint density at radius 3 is 2.55 bits per heavy atom. The Morgan fingerprint density at radius 1 is 1.13 bits per heavy atom.